The number of aryl methyl sites for hydroxylation is 2. The van der Waals surface area contributed by atoms with Gasteiger partial charge in [0.2, 0.25) is 5.91 Å². The molecule has 0 saturated carbocycles. The maximum atomic E-state index is 13.3. The Morgan fingerprint density at radius 1 is 1.16 bits per heavy atom. The summed E-state index contributed by atoms with van der Waals surface area (Å²) >= 11 is 0. The Morgan fingerprint density at radius 3 is 2.68 bits per heavy atom. The van der Waals surface area contributed by atoms with E-state index in [0.717, 1.165) is 47.7 Å². The van der Waals surface area contributed by atoms with Crippen LogP contribution >= 0.6 is 0 Å². The fraction of sp³-hybridized carbons (Fsp3) is 0.308. The number of carbonyl (C=O) groups is 1. The van der Waals surface area contributed by atoms with Gasteiger partial charge >= 0.3 is 0 Å². The fourth-order valence-corrected chi connectivity index (χ4v) is 4.31. The topological polar surface area (TPSA) is 47.4 Å². The molecule has 0 spiro atoms. The Labute approximate surface area is 184 Å². The van der Waals surface area contributed by atoms with Crippen molar-refractivity contribution in [2.24, 2.45) is 0 Å². The third-order valence-corrected chi connectivity index (χ3v) is 6.02. The number of carbonyl (C=O) groups excluding carboxylic acids is 1. The number of imidazole rings is 1. The number of hydrogen-bond donors (Lipinski definition) is 0. The maximum Gasteiger partial charge on any atom is 0.250 e. The molecule has 1 aromatic heterocycles. The second-order valence-corrected chi connectivity index (χ2v) is 8.16. The molecule has 1 saturated heterocycles. The van der Waals surface area contributed by atoms with Crippen molar-refractivity contribution >= 4 is 12.0 Å². The molecule has 1 aliphatic heterocycles. The number of likely N-dealkylation sites (tertiary alicyclic amines) is 1. The van der Waals surface area contributed by atoms with E-state index in [4.69, 9.17) is 4.74 Å². The molecule has 1 fully saturated rings. The lowest BCUT2D eigenvalue weighted by Gasteiger charge is -2.34. The van der Waals surface area contributed by atoms with Gasteiger partial charge in [0.05, 0.1) is 30.9 Å². The van der Waals surface area contributed by atoms with Crippen LogP contribution in [0.5, 0.6) is 5.75 Å². The first-order valence-corrected chi connectivity index (χ1v) is 10.7. The standard InChI is InChI=1S/C26H29N3O2/c1-18-8-5-6-10-23(18)20(3)29-13-7-9-22(26(29)30)14-21-11-12-24(25(15-21)31-4)28-16-19(2)27-17-28/h5-6,8,10-12,14-17,20H,7,9,13H2,1-4H3/t20-/m0/s1. The lowest BCUT2D eigenvalue weighted by atomic mass is 9.95. The summed E-state index contributed by atoms with van der Waals surface area (Å²) in [5, 5.41) is 0. The first kappa shape index (κ1) is 20.9. The molecule has 1 aliphatic rings. The number of benzene rings is 2. The highest BCUT2D eigenvalue weighted by Crippen LogP contribution is 2.31. The summed E-state index contributed by atoms with van der Waals surface area (Å²) in [5.74, 6) is 0.871. The van der Waals surface area contributed by atoms with Gasteiger partial charge in [-0.25, -0.2) is 4.98 Å². The van der Waals surface area contributed by atoms with Crippen LogP contribution in [-0.4, -0.2) is 34.0 Å². The van der Waals surface area contributed by atoms with Crippen molar-refractivity contribution in [3.8, 4) is 11.4 Å². The fourth-order valence-electron chi connectivity index (χ4n) is 4.31. The minimum Gasteiger partial charge on any atom is -0.495 e. The van der Waals surface area contributed by atoms with Gasteiger partial charge in [-0.1, -0.05) is 30.3 Å². The van der Waals surface area contributed by atoms with Gasteiger partial charge in [0.25, 0.3) is 0 Å². The summed E-state index contributed by atoms with van der Waals surface area (Å²) in [6.07, 6.45) is 7.51. The Hall–Kier alpha value is -3.34. The Balaban J connectivity index is 1.61. The third-order valence-electron chi connectivity index (χ3n) is 6.02. The van der Waals surface area contributed by atoms with Gasteiger partial charge in [-0.05, 0) is 68.5 Å². The van der Waals surface area contributed by atoms with E-state index < -0.39 is 0 Å². The zero-order valence-corrected chi connectivity index (χ0v) is 18.6. The van der Waals surface area contributed by atoms with Crippen molar-refractivity contribution < 1.29 is 9.53 Å². The Bertz CT molecular complexity index is 1130. The summed E-state index contributed by atoms with van der Waals surface area (Å²) in [6.45, 7) is 6.97. The minimum absolute atomic E-state index is 0.0544. The zero-order chi connectivity index (χ0) is 22.0. The number of hydrogen-bond acceptors (Lipinski definition) is 3. The van der Waals surface area contributed by atoms with Gasteiger partial charge in [-0.2, -0.15) is 0 Å². The summed E-state index contributed by atoms with van der Waals surface area (Å²) in [7, 11) is 1.66. The Morgan fingerprint density at radius 2 is 1.97 bits per heavy atom. The van der Waals surface area contributed by atoms with Crippen LogP contribution in [0.4, 0.5) is 0 Å². The number of nitrogens with zero attached hydrogens (tertiary/aromatic N) is 3. The molecule has 0 bridgehead atoms. The molecule has 0 aliphatic carbocycles. The summed E-state index contributed by atoms with van der Waals surface area (Å²) < 4.78 is 7.57. The van der Waals surface area contributed by atoms with Gasteiger partial charge in [0.15, 0.2) is 0 Å². The smallest absolute Gasteiger partial charge is 0.250 e. The second-order valence-electron chi connectivity index (χ2n) is 8.16. The first-order chi connectivity index (χ1) is 15.0. The molecule has 2 aromatic carbocycles. The van der Waals surface area contributed by atoms with E-state index in [0.29, 0.717) is 0 Å². The van der Waals surface area contributed by atoms with E-state index in [-0.39, 0.29) is 11.9 Å². The number of rotatable bonds is 5. The maximum absolute atomic E-state index is 13.3. The van der Waals surface area contributed by atoms with Crippen LogP contribution in [0.3, 0.4) is 0 Å². The van der Waals surface area contributed by atoms with E-state index >= 15 is 0 Å². The molecule has 0 N–H and O–H groups in total. The number of piperidine rings is 1. The molecule has 160 valence electrons. The molecule has 0 unspecified atom stereocenters. The molecular weight excluding hydrogens is 386 g/mol. The first-order valence-electron chi connectivity index (χ1n) is 10.7. The van der Waals surface area contributed by atoms with Gasteiger partial charge in [-0.15, -0.1) is 0 Å². The van der Waals surface area contributed by atoms with Crippen LogP contribution in [0, 0.1) is 13.8 Å². The van der Waals surface area contributed by atoms with E-state index in [9.17, 15) is 4.79 Å². The van der Waals surface area contributed by atoms with Gasteiger partial charge in [0, 0.05) is 18.3 Å². The van der Waals surface area contributed by atoms with Crippen LogP contribution in [-0.2, 0) is 4.79 Å². The van der Waals surface area contributed by atoms with E-state index in [1.165, 1.54) is 11.1 Å². The molecule has 5 heteroatoms. The average molecular weight is 416 g/mol. The van der Waals surface area contributed by atoms with Crippen molar-refractivity contribution in [1.82, 2.24) is 14.5 Å². The molecule has 1 atom stereocenters. The highest BCUT2D eigenvalue weighted by atomic mass is 16.5. The molecule has 4 rings (SSSR count). The lowest BCUT2D eigenvalue weighted by Crippen LogP contribution is -2.39. The zero-order valence-electron chi connectivity index (χ0n) is 18.6. The predicted molar refractivity (Wildman–Crippen MR) is 123 cm³/mol. The van der Waals surface area contributed by atoms with E-state index in [1.807, 2.05) is 59.0 Å². The average Bonchev–Trinajstić information content (AvgIpc) is 3.21. The SMILES string of the molecule is COc1cc(C=C2CCCN([C@@H](C)c3ccccc3C)C2=O)ccc1-n1cnc(C)c1. The van der Waals surface area contributed by atoms with E-state index in [2.05, 4.69) is 31.0 Å². The van der Waals surface area contributed by atoms with Crippen molar-refractivity contribution in [3.63, 3.8) is 0 Å². The van der Waals surface area contributed by atoms with Crippen molar-refractivity contribution in [2.75, 3.05) is 13.7 Å². The van der Waals surface area contributed by atoms with Crippen LogP contribution in [0.15, 0.2) is 60.6 Å². The van der Waals surface area contributed by atoms with Crippen molar-refractivity contribution in [1.29, 1.82) is 0 Å². The van der Waals surface area contributed by atoms with Crippen molar-refractivity contribution in [3.05, 3.63) is 82.9 Å². The molecule has 3 aromatic rings. The van der Waals surface area contributed by atoms with E-state index in [1.54, 1.807) is 13.4 Å². The number of aromatic nitrogens is 2. The van der Waals surface area contributed by atoms with Crippen LogP contribution in [0.2, 0.25) is 0 Å². The molecule has 1 amide bonds. The second kappa shape index (κ2) is 8.80. The molecule has 2 heterocycles. The van der Waals surface area contributed by atoms with Gasteiger partial charge in [-0.3, -0.25) is 4.79 Å². The van der Waals surface area contributed by atoms with Crippen LogP contribution < -0.4 is 4.74 Å². The summed E-state index contributed by atoms with van der Waals surface area (Å²) in [5.41, 5.74) is 6.11. The molecular formula is C26H29N3O2. The van der Waals surface area contributed by atoms with Gasteiger partial charge in [0.1, 0.15) is 5.75 Å². The normalized spacial score (nSPS) is 16.6. The van der Waals surface area contributed by atoms with Gasteiger partial charge < -0.3 is 14.2 Å². The minimum atomic E-state index is 0.0544. The lowest BCUT2D eigenvalue weighted by molar-refractivity contribution is -0.130. The third kappa shape index (κ3) is 4.26. The molecule has 31 heavy (non-hydrogen) atoms. The number of ether oxygens (including phenoxy) is 1. The number of amides is 1. The molecule has 5 nitrogen and oxygen atoms in total. The largest absolute Gasteiger partial charge is 0.495 e. The predicted octanol–water partition coefficient (Wildman–Crippen LogP) is 5.26. The monoisotopic (exact) mass is 415 g/mol. The van der Waals surface area contributed by atoms with Crippen LogP contribution in [0.25, 0.3) is 11.8 Å². The summed E-state index contributed by atoms with van der Waals surface area (Å²) in [4.78, 5) is 19.6. The number of methoxy groups -OCH3 is 1. The Kier molecular flexibility index (Phi) is 5.94. The quantitative estimate of drug-likeness (QED) is 0.534. The van der Waals surface area contributed by atoms with Crippen molar-refractivity contribution in [2.45, 2.75) is 39.7 Å². The molecule has 0 radical (unpaired) electrons. The van der Waals surface area contributed by atoms with Crippen LogP contribution in [0.1, 0.15) is 48.2 Å². The summed E-state index contributed by atoms with van der Waals surface area (Å²) in [6, 6.07) is 14.4. The highest BCUT2D eigenvalue weighted by Gasteiger charge is 2.28. The highest BCUT2D eigenvalue weighted by molar-refractivity contribution is 5.98.